The van der Waals surface area contributed by atoms with Gasteiger partial charge in [0.2, 0.25) is 0 Å². The summed E-state index contributed by atoms with van der Waals surface area (Å²) in [6.45, 7) is 0.958. The van der Waals surface area contributed by atoms with E-state index in [2.05, 4.69) is 33.2 Å². The van der Waals surface area contributed by atoms with Gasteiger partial charge in [0.05, 0.1) is 6.21 Å². The number of rotatable bonds is 2. The van der Waals surface area contributed by atoms with Crippen LogP contribution in [0.4, 0.5) is 11.5 Å². The van der Waals surface area contributed by atoms with E-state index < -0.39 is 0 Å². The summed E-state index contributed by atoms with van der Waals surface area (Å²) in [4.78, 5) is 6.61. The highest BCUT2D eigenvalue weighted by molar-refractivity contribution is 5.79. The number of fused-ring (bicyclic) bond motifs is 1. The van der Waals surface area contributed by atoms with E-state index in [1.54, 1.807) is 6.20 Å². The summed E-state index contributed by atoms with van der Waals surface area (Å²) in [5.41, 5.74) is 3.38. The van der Waals surface area contributed by atoms with Gasteiger partial charge in [-0.25, -0.2) is 4.98 Å². The number of nitrogens with zero attached hydrogens (tertiary/aromatic N) is 3. The van der Waals surface area contributed by atoms with Crippen LogP contribution in [0.15, 0.2) is 47.8 Å². The molecule has 0 unspecified atom stereocenters. The van der Waals surface area contributed by atoms with Crippen LogP contribution >= 0.6 is 0 Å². The Morgan fingerprint density at radius 2 is 2.11 bits per heavy atom. The van der Waals surface area contributed by atoms with Crippen LogP contribution < -0.4 is 4.90 Å². The van der Waals surface area contributed by atoms with Gasteiger partial charge in [-0.15, -0.1) is 0 Å². The average molecular weight is 239 g/mol. The van der Waals surface area contributed by atoms with Gasteiger partial charge in [-0.05, 0) is 30.2 Å². The summed E-state index contributed by atoms with van der Waals surface area (Å²) in [5, 5.41) is 11.5. The topological polar surface area (TPSA) is 48.7 Å². The molecule has 4 heteroatoms. The normalized spacial score (nSPS) is 14.1. The maximum atomic E-state index is 8.46. The highest BCUT2D eigenvalue weighted by atomic mass is 16.4. The molecule has 4 nitrogen and oxygen atoms in total. The Kier molecular flexibility index (Phi) is 2.68. The molecule has 0 amide bonds. The molecule has 0 radical (unpaired) electrons. The van der Waals surface area contributed by atoms with Crippen LogP contribution in [0.25, 0.3) is 0 Å². The van der Waals surface area contributed by atoms with Crippen molar-refractivity contribution in [2.24, 2.45) is 5.16 Å². The van der Waals surface area contributed by atoms with Gasteiger partial charge in [0.1, 0.15) is 5.82 Å². The number of hydrogen-bond acceptors (Lipinski definition) is 4. The minimum Gasteiger partial charge on any atom is -0.411 e. The first-order valence-electron chi connectivity index (χ1n) is 5.87. The van der Waals surface area contributed by atoms with Crippen LogP contribution in [-0.2, 0) is 6.42 Å². The SMILES string of the molecule is O/N=C/c1ccc(N2CCc3ccccc32)nc1. The molecule has 1 aromatic carbocycles. The Labute approximate surface area is 105 Å². The Hall–Kier alpha value is -2.36. The summed E-state index contributed by atoms with van der Waals surface area (Å²) in [7, 11) is 0. The highest BCUT2D eigenvalue weighted by Crippen LogP contribution is 2.32. The van der Waals surface area contributed by atoms with Crippen LogP contribution in [0.3, 0.4) is 0 Å². The van der Waals surface area contributed by atoms with Gasteiger partial charge < -0.3 is 10.1 Å². The van der Waals surface area contributed by atoms with Gasteiger partial charge in [-0.3, -0.25) is 0 Å². The van der Waals surface area contributed by atoms with E-state index in [1.165, 1.54) is 17.5 Å². The van der Waals surface area contributed by atoms with Crippen LogP contribution in [0.2, 0.25) is 0 Å². The van der Waals surface area contributed by atoms with E-state index in [-0.39, 0.29) is 0 Å². The minimum absolute atomic E-state index is 0.786. The molecule has 1 aromatic heterocycles. The lowest BCUT2D eigenvalue weighted by Crippen LogP contribution is -2.14. The molecule has 0 saturated heterocycles. The predicted molar refractivity (Wildman–Crippen MR) is 70.8 cm³/mol. The zero-order chi connectivity index (χ0) is 12.4. The Balaban J connectivity index is 1.92. The maximum absolute atomic E-state index is 8.46. The lowest BCUT2D eigenvalue weighted by Gasteiger charge is -2.18. The predicted octanol–water partition coefficient (Wildman–Crippen LogP) is 2.58. The van der Waals surface area contributed by atoms with Gasteiger partial charge >= 0.3 is 0 Å². The van der Waals surface area contributed by atoms with Gasteiger partial charge in [-0.1, -0.05) is 23.4 Å². The Morgan fingerprint density at radius 3 is 2.89 bits per heavy atom. The lowest BCUT2D eigenvalue weighted by atomic mass is 10.2. The number of oxime groups is 1. The van der Waals surface area contributed by atoms with Crippen molar-refractivity contribution >= 4 is 17.7 Å². The summed E-state index contributed by atoms with van der Waals surface area (Å²) < 4.78 is 0. The van der Waals surface area contributed by atoms with E-state index in [9.17, 15) is 0 Å². The molecule has 1 aliphatic heterocycles. The second-order valence-electron chi connectivity index (χ2n) is 4.22. The standard InChI is InChI=1S/C14H13N3O/c18-16-10-11-5-6-14(15-9-11)17-8-7-12-3-1-2-4-13(12)17/h1-6,9-10,18H,7-8H2/b16-10+. The summed E-state index contributed by atoms with van der Waals surface area (Å²) in [5.74, 6) is 0.926. The zero-order valence-electron chi connectivity index (χ0n) is 9.82. The first-order chi connectivity index (χ1) is 8.88. The Bertz CT molecular complexity index is 578. The number of anilines is 2. The van der Waals surface area contributed by atoms with Gasteiger partial charge in [0.25, 0.3) is 0 Å². The summed E-state index contributed by atoms with van der Waals surface area (Å²) >= 11 is 0. The van der Waals surface area contributed by atoms with Gasteiger partial charge in [-0.2, -0.15) is 0 Å². The van der Waals surface area contributed by atoms with E-state index in [0.29, 0.717) is 0 Å². The van der Waals surface area contributed by atoms with Gasteiger partial charge in [0.15, 0.2) is 0 Å². The molecule has 0 spiro atoms. The third-order valence-corrected chi connectivity index (χ3v) is 3.14. The Morgan fingerprint density at radius 1 is 1.22 bits per heavy atom. The number of aromatic nitrogens is 1. The molecule has 90 valence electrons. The van der Waals surface area contributed by atoms with Crippen molar-refractivity contribution in [3.63, 3.8) is 0 Å². The molecule has 0 fully saturated rings. The first-order valence-corrected chi connectivity index (χ1v) is 5.87. The van der Waals surface area contributed by atoms with Crippen molar-refractivity contribution in [3.05, 3.63) is 53.7 Å². The molecule has 2 aromatic rings. The second-order valence-corrected chi connectivity index (χ2v) is 4.22. The van der Waals surface area contributed by atoms with E-state index in [1.807, 2.05) is 18.2 Å². The van der Waals surface area contributed by atoms with Crippen molar-refractivity contribution in [3.8, 4) is 0 Å². The van der Waals surface area contributed by atoms with Crippen molar-refractivity contribution < 1.29 is 5.21 Å². The molecule has 3 rings (SSSR count). The number of hydrogen-bond donors (Lipinski definition) is 1. The number of benzene rings is 1. The highest BCUT2D eigenvalue weighted by Gasteiger charge is 2.20. The maximum Gasteiger partial charge on any atom is 0.132 e. The molecule has 1 aliphatic rings. The molecule has 2 heterocycles. The lowest BCUT2D eigenvalue weighted by molar-refractivity contribution is 0.322. The van der Waals surface area contributed by atoms with E-state index in [0.717, 1.165) is 24.3 Å². The number of para-hydroxylation sites is 1. The van der Waals surface area contributed by atoms with Gasteiger partial charge in [0, 0.05) is 24.0 Å². The molecule has 0 saturated carbocycles. The minimum atomic E-state index is 0.786. The molecular weight excluding hydrogens is 226 g/mol. The molecular formula is C14H13N3O. The monoisotopic (exact) mass is 239 g/mol. The molecule has 1 N–H and O–H groups in total. The van der Waals surface area contributed by atoms with Crippen molar-refractivity contribution in [1.82, 2.24) is 4.98 Å². The quantitative estimate of drug-likeness (QED) is 0.498. The largest absolute Gasteiger partial charge is 0.411 e. The fraction of sp³-hybridized carbons (Fsp3) is 0.143. The van der Waals surface area contributed by atoms with Crippen LogP contribution in [0, 0.1) is 0 Å². The third-order valence-electron chi connectivity index (χ3n) is 3.14. The van der Waals surface area contributed by atoms with Crippen LogP contribution in [-0.4, -0.2) is 23.0 Å². The molecule has 0 aliphatic carbocycles. The summed E-state index contributed by atoms with van der Waals surface area (Å²) in [6, 6.07) is 12.2. The fourth-order valence-electron chi connectivity index (χ4n) is 2.28. The molecule has 0 bridgehead atoms. The molecule has 18 heavy (non-hydrogen) atoms. The van der Waals surface area contributed by atoms with E-state index >= 15 is 0 Å². The summed E-state index contributed by atoms with van der Waals surface area (Å²) in [6.07, 6.45) is 4.13. The average Bonchev–Trinajstić information content (AvgIpc) is 2.84. The third kappa shape index (κ3) is 1.82. The van der Waals surface area contributed by atoms with E-state index in [4.69, 9.17) is 5.21 Å². The molecule has 0 atom stereocenters. The van der Waals surface area contributed by atoms with Crippen molar-refractivity contribution in [1.29, 1.82) is 0 Å². The van der Waals surface area contributed by atoms with Crippen LogP contribution in [0.5, 0.6) is 0 Å². The van der Waals surface area contributed by atoms with Crippen molar-refractivity contribution in [2.45, 2.75) is 6.42 Å². The zero-order valence-corrected chi connectivity index (χ0v) is 9.82. The van der Waals surface area contributed by atoms with Crippen molar-refractivity contribution in [2.75, 3.05) is 11.4 Å². The van der Waals surface area contributed by atoms with Crippen LogP contribution in [0.1, 0.15) is 11.1 Å². The number of pyridine rings is 1. The smallest absolute Gasteiger partial charge is 0.132 e. The first kappa shape index (κ1) is 10.8. The second kappa shape index (κ2) is 4.49. The fourth-order valence-corrected chi connectivity index (χ4v) is 2.28.